The molecular weight excluding hydrogens is 402 g/mol. The van der Waals surface area contributed by atoms with E-state index >= 15 is 0 Å². The molecule has 0 aliphatic carbocycles. The second-order valence-corrected chi connectivity index (χ2v) is 7.40. The highest BCUT2D eigenvalue weighted by atomic mass is 16.5. The summed E-state index contributed by atoms with van der Waals surface area (Å²) in [7, 11) is 1.66. The Balaban J connectivity index is 1.49. The van der Waals surface area contributed by atoms with Crippen LogP contribution in [0.3, 0.4) is 0 Å². The average Bonchev–Trinajstić information content (AvgIpc) is 3.33. The zero-order chi connectivity index (χ0) is 21.9. The summed E-state index contributed by atoms with van der Waals surface area (Å²) in [6.07, 6.45) is 0. The molecule has 7 heteroatoms. The summed E-state index contributed by atoms with van der Waals surface area (Å²) in [5, 5.41) is 12.7. The number of ether oxygens (including phenoxy) is 1. The molecule has 32 heavy (non-hydrogen) atoms. The van der Waals surface area contributed by atoms with E-state index in [4.69, 9.17) is 14.1 Å². The van der Waals surface area contributed by atoms with Gasteiger partial charge >= 0.3 is 0 Å². The fourth-order valence-electron chi connectivity index (χ4n) is 3.48. The largest absolute Gasteiger partial charge is 0.497 e. The lowest BCUT2D eigenvalue weighted by Crippen LogP contribution is -2.04. The van der Waals surface area contributed by atoms with Gasteiger partial charge in [-0.15, -0.1) is 10.2 Å². The molecule has 2 aromatic heterocycles. The number of benzene rings is 3. The number of hydrogen-bond donors (Lipinski definition) is 1. The molecule has 0 saturated carbocycles. The fourth-order valence-corrected chi connectivity index (χ4v) is 3.48. The van der Waals surface area contributed by atoms with E-state index in [1.165, 1.54) is 0 Å². The second kappa shape index (κ2) is 8.47. The molecular formula is C25H21N5O2. The lowest BCUT2D eigenvalue weighted by atomic mass is 10.1. The predicted octanol–water partition coefficient (Wildman–Crippen LogP) is 5.28. The minimum absolute atomic E-state index is 0.275. The number of aromatic nitrogens is 4. The van der Waals surface area contributed by atoms with E-state index in [-0.39, 0.29) is 5.89 Å². The van der Waals surface area contributed by atoms with Gasteiger partial charge in [0.2, 0.25) is 11.7 Å². The molecule has 5 rings (SSSR count). The Morgan fingerprint density at radius 2 is 1.72 bits per heavy atom. The molecule has 1 N–H and O–H groups in total. The quantitative estimate of drug-likeness (QED) is 0.398. The maximum Gasteiger partial charge on any atom is 0.286 e. The molecule has 2 heterocycles. The van der Waals surface area contributed by atoms with Crippen LogP contribution in [0.5, 0.6) is 5.75 Å². The van der Waals surface area contributed by atoms with Gasteiger partial charge in [0.15, 0.2) is 0 Å². The first kappa shape index (κ1) is 19.7. The summed E-state index contributed by atoms with van der Waals surface area (Å²) in [4.78, 5) is 9.35. The molecule has 3 aromatic carbocycles. The Morgan fingerprint density at radius 1 is 0.875 bits per heavy atom. The Bertz CT molecular complexity index is 1400. The summed E-state index contributed by atoms with van der Waals surface area (Å²) in [5.41, 5.74) is 3.85. The van der Waals surface area contributed by atoms with Gasteiger partial charge in [0.25, 0.3) is 5.89 Å². The van der Waals surface area contributed by atoms with E-state index in [1.807, 2.05) is 79.7 Å². The third-order valence-corrected chi connectivity index (χ3v) is 5.08. The van der Waals surface area contributed by atoms with Crippen molar-refractivity contribution in [1.29, 1.82) is 0 Å². The van der Waals surface area contributed by atoms with Gasteiger partial charge in [-0.3, -0.25) is 0 Å². The van der Waals surface area contributed by atoms with Crippen LogP contribution in [-0.4, -0.2) is 27.3 Å². The third kappa shape index (κ3) is 4.00. The summed E-state index contributed by atoms with van der Waals surface area (Å²) in [6, 6.07) is 23.7. The molecule has 0 aliphatic rings. The molecule has 0 amide bonds. The molecule has 7 nitrogen and oxygen atoms in total. The standard InChI is InChI=1S/C25H21N5O2/c1-16-7-5-9-18(13-16)24-29-30-25(32-24)23-27-21-12-4-3-11-20(21)22(28-23)26-15-17-8-6-10-19(14-17)31-2/h3-14H,15H2,1-2H3,(H,26,27,28). The minimum atomic E-state index is 0.275. The lowest BCUT2D eigenvalue weighted by molar-refractivity contribution is 0.414. The van der Waals surface area contributed by atoms with Crippen molar-refractivity contribution in [1.82, 2.24) is 20.2 Å². The number of fused-ring (bicyclic) bond motifs is 1. The van der Waals surface area contributed by atoms with Gasteiger partial charge in [-0.05, 0) is 48.9 Å². The number of methoxy groups -OCH3 is 1. The van der Waals surface area contributed by atoms with E-state index in [0.717, 1.165) is 33.3 Å². The smallest absolute Gasteiger partial charge is 0.286 e. The van der Waals surface area contributed by atoms with Crippen LogP contribution >= 0.6 is 0 Å². The highest BCUT2D eigenvalue weighted by Gasteiger charge is 2.16. The number of rotatable bonds is 6. The highest BCUT2D eigenvalue weighted by molar-refractivity contribution is 5.90. The van der Waals surface area contributed by atoms with Gasteiger partial charge in [0.05, 0.1) is 12.6 Å². The summed E-state index contributed by atoms with van der Waals surface area (Å²) < 4.78 is 11.2. The van der Waals surface area contributed by atoms with Crippen LogP contribution < -0.4 is 10.1 Å². The number of hydrogen-bond acceptors (Lipinski definition) is 7. The average molecular weight is 423 g/mol. The molecule has 0 aliphatic heterocycles. The first-order valence-corrected chi connectivity index (χ1v) is 10.2. The number of para-hydroxylation sites is 1. The lowest BCUT2D eigenvalue weighted by Gasteiger charge is -2.10. The van der Waals surface area contributed by atoms with E-state index in [0.29, 0.717) is 24.1 Å². The third-order valence-electron chi connectivity index (χ3n) is 5.08. The van der Waals surface area contributed by atoms with Gasteiger partial charge in [-0.25, -0.2) is 9.97 Å². The first-order chi connectivity index (χ1) is 15.7. The number of aryl methyl sites for hydroxylation is 1. The van der Waals surface area contributed by atoms with E-state index < -0.39 is 0 Å². The fraction of sp³-hybridized carbons (Fsp3) is 0.120. The molecule has 0 radical (unpaired) electrons. The van der Waals surface area contributed by atoms with Crippen molar-refractivity contribution < 1.29 is 9.15 Å². The second-order valence-electron chi connectivity index (χ2n) is 7.40. The monoisotopic (exact) mass is 423 g/mol. The Labute approximate surface area is 185 Å². The number of nitrogens with zero attached hydrogens (tertiary/aromatic N) is 4. The van der Waals surface area contributed by atoms with Crippen molar-refractivity contribution in [3.8, 4) is 28.9 Å². The summed E-state index contributed by atoms with van der Waals surface area (Å²) >= 11 is 0. The molecule has 0 saturated heterocycles. The van der Waals surface area contributed by atoms with Crippen LogP contribution in [0, 0.1) is 6.92 Å². The van der Waals surface area contributed by atoms with Gasteiger partial charge in [0, 0.05) is 17.5 Å². The van der Waals surface area contributed by atoms with Gasteiger partial charge in [-0.1, -0.05) is 42.0 Å². The highest BCUT2D eigenvalue weighted by Crippen LogP contribution is 2.27. The zero-order valence-corrected chi connectivity index (χ0v) is 17.7. The normalized spacial score (nSPS) is 10.9. The SMILES string of the molecule is COc1cccc(CNc2nc(-c3nnc(-c4cccc(C)c4)o3)nc3ccccc23)c1. The maximum absolute atomic E-state index is 5.92. The van der Waals surface area contributed by atoms with Crippen LogP contribution in [0.2, 0.25) is 0 Å². The molecule has 5 aromatic rings. The van der Waals surface area contributed by atoms with Crippen LogP contribution in [0.25, 0.3) is 34.1 Å². The van der Waals surface area contributed by atoms with Crippen molar-refractivity contribution >= 4 is 16.7 Å². The van der Waals surface area contributed by atoms with Crippen molar-refractivity contribution in [2.24, 2.45) is 0 Å². The number of nitrogens with one attached hydrogen (secondary N) is 1. The molecule has 0 bridgehead atoms. The van der Waals surface area contributed by atoms with Crippen LogP contribution in [0.4, 0.5) is 5.82 Å². The Kier molecular flexibility index (Phi) is 5.21. The van der Waals surface area contributed by atoms with Gasteiger partial charge in [0.1, 0.15) is 11.6 Å². The van der Waals surface area contributed by atoms with Crippen LogP contribution in [-0.2, 0) is 6.54 Å². The number of anilines is 1. The van der Waals surface area contributed by atoms with E-state index in [2.05, 4.69) is 20.5 Å². The van der Waals surface area contributed by atoms with Crippen molar-refractivity contribution in [3.05, 3.63) is 83.9 Å². The summed E-state index contributed by atoms with van der Waals surface area (Å²) in [6.45, 7) is 2.60. The Morgan fingerprint density at radius 3 is 2.59 bits per heavy atom. The van der Waals surface area contributed by atoms with Crippen LogP contribution in [0.1, 0.15) is 11.1 Å². The molecule has 0 spiro atoms. The molecule has 0 unspecified atom stereocenters. The van der Waals surface area contributed by atoms with E-state index in [9.17, 15) is 0 Å². The van der Waals surface area contributed by atoms with Gasteiger partial charge < -0.3 is 14.5 Å². The van der Waals surface area contributed by atoms with Crippen LogP contribution in [0.15, 0.2) is 77.2 Å². The zero-order valence-electron chi connectivity index (χ0n) is 17.7. The van der Waals surface area contributed by atoms with E-state index in [1.54, 1.807) is 7.11 Å². The topological polar surface area (TPSA) is 86.0 Å². The summed E-state index contributed by atoms with van der Waals surface area (Å²) in [5.74, 6) is 2.60. The van der Waals surface area contributed by atoms with Crippen molar-refractivity contribution in [2.45, 2.75) is 13.5 Å². The molecule has 0 atom stereocenters. The Hall–Kier alpha value is -4.26. The first-order valence-electron chi connectivity index (χ1n) is 10.2. The maximum atomic E-state index is 5.92. The minimum Gasteiger partial charge on any atom is -0.497 e. The van der Waals surface area contributed by atoms with Crippen molar-refractivity contribution in [2.75, 3.05) is 12.4 Å². The van der Waals surface area contributed by atoms with Crippen molar-refractivity contribution in [3.63, 3.8) is 0 Å². The van der Waals surface area contributed by atoms with Gasteiger partial charge in [-0.2, -0.15) is 0 Å². The predicted molar refractivity (Wildman–Crippen MR) is 123 cm³/mol. The molecule has 0 fully saturated rings. The molecule has 158 valence electrons.